The van der Waals surface area contributed by atoms with Gasteiger partial charge in [0.15, 0.2) is 0 Å². The highest BCUT2D eigenvalue weighted by atomic mass is 16.5. The fourth-order valence-corrected chi connectivity index (χ4v) is 1.03. The zero-order valence-electron chi connectivity index (χ0n) is 8.89. The maximum Gasteiger partial charge on any atom is 0.236 e. The molecule has 2 N–H and O–H groups in total. The Morgan fingerprint density at radius 3 is 2.54 bits per heavy atom. The molecule has 0 fully saturated rings. The topological polar surface area (TPSA) is 50.4 Å². The van der Waals surface area contributed by atoms with Gasteiger partial charge in [-0.3, -0.25) is 4.79 Å². The number of rotatable bonds is 6. The van der Waals surface area contributed by atoms with E-state index in [1.807, 2.05) is 6.92 Å². The lowest BCUT2D eigenvalue weighted by Crippen LogP contribution is -2.42. The Morgan fingerprint density at radius 1 is 1.46 bits per heavy atom. The lowest BCUT2D eigenvalue weighted by molar-refractivity contribution is -0.122. The van der Waals surface area contributed by atoms with Crippen LogP contribution in [-0.2, 0) is 9.53 Å². The van der Waals surface area contributed by atoms with Crippen LogP contribution in [0.1, 0.15) is 13.8 Å². The third-order valence-electron chi connectivity index (χ3n) is 1.86. The average molecular weight is 188 g/mol. The first-order valence-corrected chi connectivity index (χ1v) is 4.55. The van der Waals surface area contributed by atoms with E-state index in [0.717, 1.165) is 6.54 Å². The van der Waals surface area contributed by atoms with Crippen molar-refractivity contribution in [3.05, 3.63) is 0 Å². The van der Waals surface area contributed by atoms with E-state index in [-0.39, 0.29) is 11.9 Å². The first-order chi connectivity index (χ1) is 6.11. The minimum atomic E-state index is -0.135. The summed E-state index contributed by atoms with van der Waals surface area (Å²) >= 11 is 0. The lowest BCUT2D eigenvalue weighted by Gasteiger charge is -2.15. The van der Waals surface area contributed by atoms with Crippen LogP contribution in [0.25, 0.3) is 0 Å². The molecule has 0 radical (unpaired) electrons. The van der Waals surface area contributed by atoms with Gasteiger partial charge in [-0.1, -0.05) is 6.92 Å². The highest BCUT2D eigenvalue weighted by molar-refractivity contribution is 5.80. The van der Waals surface area contributed by atoms with Crippen LogP contribution in [0.5, 0.6) is 0 Å². The maximum absolute atomic E-state index is 11.1. The number of nitrogens with one attached hydrogen (secondary N) is 2. The van der Waals surface area contributed by atoms with Gasteiger partial charge in [0, 0.05) is 27.3 Å². The Kier molecular flexibility index (Phi) is 6.54. The van der Waals surface area contributed by atoms with Gasteiger partial charge >= 0.3 is 0 Å². The molecule has 0 saturated heterocycles. The molecular formula is C9H20N2O2. The Labute approximate surface area is 80.0 Å². The summed E-state index contributed by atoms with van der Waals surface area (Å²) in [5.41, 5.74) is 0. The van der Waals surface area contributed by atoms with Crippen molar-refractivity contribution in [3.63, 3.8) is 0 Å². The molecule has 0 aromatic rings. The van der Waals surface area contributed by atoms with Gasteiger partial charge in [-0.15, -0.1) is 0 Å². The molecule has 0 saturated carbocycles. The standard InChI is InChI=1S/C9H20N2O2/c1-7(6-13-4)5-11-8(2)9(12)10-3/h7-8,11H,5-6H2,1-4H3,(H,10,12). The quantitative estimate of drug-likeness (QED) is 0.616. The van der Waals surface area contributed by atoms with Crippen LogP contribution in [0.4, 0.5) is 0 Å². The Bertz CT molecular complexity index is 151. The summed E-state index contributed by atoms with van der Waals surface area (Å²) in [6.45, 7) is 5.43. The molecule has 2 atom stereocenters. The molecule has 4 nitrogen and oxygen atoms in total. The van der Waals surface area contributed by atoms with E-state index >= 15 is 0 Å². The van der Waals surface area contributed by atoms with Gasteiger partial charge in [-0.05, 0) is 12.8 Å². The molecule has 1 amide bonds. The van der Waals surface area contributed by atoms with Crippen LogP contribution < -0.4 is 10.6 Å². The predicted molar refractivity (Wildman–Crippen MR) is 52.6 cm³/mol. The summed E-state index contributed by atoms with van der Waals surface area (Å²) in [6, 6.07) is -0.135. The number of hydrogen-bond donors (Lipinski definition) is 2. The molecule has 78 valence electrons. The number of carbonyl (C=O) groups is 1. The van der Waals surface area contributed by atoms with Crippen molar-refractivity contribution in [1.82, 2.24) is 10.6 Å². The first kappa shape index (κ1) is 12.4. The molecule has 4 heteroatoms. The van der Waals surface area contributed by atoms with Crippen molar-refractivity contribution in [2.75, 3.05) is 27.3 Å². The second kappa shape index (κ2) is 6.86. The molecule has 0 spiro atoms. The fourth-order valence-electron chi connectivity index (χ4n) is 1.03. The van der Waals surface area contributed by atoms with Gasteiger partial charge in [0.25, 0.3) is 0 Å². The van der Waals surface area contributed by atoms with Crippen LogP contribution in [-0.4, -0.2) is 39.3 Å². The lowest BCUT2D eigenvalue weighted by atomic mass is 10.2. The summed E-state index contributed by atoms with van der Waals surface area (Å²) in [4.78, 5) is 11.1. The maximum atomic E-state index is 11.1. The summed E-state index contributed by atoms with van der Waals surface area (Å²) in [6.07, 6.45) is 0. The second-order valence-corrected chi connectivity index (χ2v) is 3.30. The van der Waals surface area contributed by atoms with Gasteiger partial charge < -0.3 is 15.4 Å². The number of carbonyl (C=O) groups excluding carboxylic acids is 1. The van der Waals surface area contributed by atoms with E-state index in [4.69, 9.17) is 4.74 Å². The zero-order valence-corrected chi connectivity index (χ0v) is 8.89. The van der Waals surface area contributed by atoms with E-state index in [1.54, 1.807) is 14.2 Å². The van der Waals surface area contributed by atoms with E-state index in [2.05, 4.69) is 17.6 Å². The smallest absolute Gasteiger partial charge is 0.236 e. The third kappa shape index (κ3) is 5.60. The Morgan fingerprint density at radius 2 is 2.08 bits per heavy atom. The van der Waals surface area contributed by atoms with Crippen LogP contribution in [0.15, 0.2) is 0 Å². The summed E-state index contributed by atoms with van der Waals surface area (Å²) in [5, 5.41) is 5.71. The SMILES string of the molecule is CNC(=O)C(C)NCC(C)COC. The normalized spacial score (nSPS) is 15.1. The minimum absolute atomic E-state index is 0.0182. The van der Waals surface area contributed by atoms with Gasteiger partial charge in [0.1, 0.15) is 0 Å². The number of ether oxygens (including phenoxy) is 1. The highest BCUT2D eigenvalue weighted by Gasteiger charge is 2.10. The average Bonchev–Trinajstić information content (AvgIpc) is 2.13. The molecule has 0 heterocycles. The number of likely N-dealkylation sites (N-methyl/N-ethyl adjacent to an activating group) is 1. The zero-order chi connectivity index (χ0) is 10.3. The Balaban J connectivity index is 3.56. The largest absolute Gasteiger partial charge is 0.384 e. The predicted octanol–water partition coefficient (Wildman–Crippen LogP) is -0.00700. The van der Waals surface area contributed by atoms with Crippen molar-refractivity contribution in [1.29, 1.82) is 0 Å². The molecule has 0 aliphatic heterocycles. The van der Waals surface area contributed by atoms with Crippen LogP contribution >= 0.6 is 0 Å². The van der Waals surface area contributed by atoms with Gasteiger partial charge in [0.05, 0.1) is 6.04 Å². The van der Waals surface area contributed by atoms with Crippen molar-refractivity contribution in [3.8, 4) is 0 Å². The second-order valence-electron chi connectivity index (χ2n) is 3.30. The molecule has 0 bridgehead atoms. The molecule has 0 rings (SSSR count). The van der Waals surface area contributed by atoms with Gasteiger partial charge in [-0.2, -0.15) is 0 Å². The van der Waals surface area contributed by atoms with E-state index in [0.29, 0.717) is 12.5 Å². The Hall–Kier alpha value is -0.610. The van der Waals surface area contributed by atoms with Crippen molar-refractivity contribution in [2.24, 2.45) is 5.92 Å². The van der Waals surface area contributed by atoms with Crippen molar-refractivity contribution >= 4 is 5.91 Å². The van der Waals surface area contributed by atoms with Gasteiger partial charge in [-0.25, -0.2) is 0 Å². The fraction of sp³-hybridized carbons (Fsp3) is 0.889. The molecule has 0 aliphatic carbocycles. The van der Waals surface area contributed by atoms with E-state index in [1.165, 1.54) is 0 Å². The van der Waals surface area contributed by atoms with E-state index in [9.17, 15) is 4.79 Å². The monoisotopic (exact) mass is 188 g/mol. The summed E-state index contributed by atoms with van der Waals surface area (Å²) < 4.78 is 4.98. The molecule has 0 aromatic carbocycles. The van der Waals surface area contributed by atoms with Gasteiger partial charge in [0.2, 0.25) is 5.91 Å². The van der Waals surface area contributed by atoms with Crippen molar-refractivity contribution in [2.45, 2.75) is 19.9 Å². The molecule has 13 heavy (non-hydrogen) atoms. The number of amides is 1. The van der Waals surface area contributed by atoms with Crippen LogP contribution in [0, 0.1) is 5.92 Å². The summed E-state index contributed by atoms with van der Waals surface area (Å²) in [5.74, 6) is 0.446. The first-order valence-electron chi connectivity index (χ1n) is 4.55. The molecule has 2 unspecified atom stereocenters. The number of methoxy groups -OCH3 is 1. The molecule has 0 aliphatic rings. The minimum Gasteiger partial charge on any atom is -0.384 e. The molecular weight excluding hydrogens is 168 g/mol. The third-order valence-corrected chi connectivity index (χ3v) is 1.86. The van der Waals surface area contributed by atoms with Crippen LogP contribution in [0.2, 0.25) is 0 Å². The highest BCUT2D eigenvalue weighted by Crippen LogP contribution is 1.93. The van der Waals surface area contributed by atoms with Crippen molar-refractivity contribution < 1.29 is 9.53 Å². The van der Waals surface area contributed by atoms with E-state index < -0.39 is 0 Å². The number of hydrogen-bond acceptors (Lipinski definition) is 3. The van der Waals surface area contributed by atoms with Crippen LogP contribution in [0.3, 0.4) is 0 Å². The molecule has 0 aromatic heterocycles. The summed E-state index contributed by atoms with van der Waals surface area (Å²) in [7, 11) is 3.32.